The van der Waals surface area contributed by atoms with Crippen molar-refractivity contribution in [3.8, 4) is 17.2 Å². The number of nitrogens with zero attached hydrogens (tertiary/aromatic N) is 1. The van der Waals surface area contributed by atoms with Gasteiger partial charge in [-0.25, -0.2) is 9.78 Å². The summed E-state index contributed by atoms with van der Waals surface area (Å²) in [7, 11) is 4.55. The van der Waals surface area contributed by atoms with Gasteiger partial charge in [-0.3, -0.25) is 10.1 Å². The molecule has 28 heavy (non-hydrogen) atoms. The van der Waals surface area contributed by atoms with Crippen LogP contribution in [-0.2, 0) is 9.53 Å². The number of anilines is 1. The summed E-state index contributed by atoms with van der Waals surface area (Å²) in [5.41, 5.74) is 0.987. The largest absolute Gasteiger partial charge is 0.497 e. The second-order valence-corrected chi connectivity index (χ2v) is 6.58. The third-order valence-corrected chi connectivity index (χ3v) is 4.73. The summed E-state index contributed by atoms with van der Waals surface area (Å²) in [4.78, 5) is 28.6. The number of benzene rings is 2. The van der Waals surface area contributed by atoms with Crippen LogP contribution in [0, 0.1) is 0 Å². The monoisotopic (exact) mass is 402 g/mol. The summed E-state index contributed by atoms with van der Waals surface area (Å²) in [5.74, 6) is 0.457. The molecule has 0 saturated heterocycles. The van der Waals surface area contributed by atoms with Crippen LogP contribution in [0.2, 0.25) is 0 Å². The van der Waals surface area contributed by atoms with Gasteiger partial charge in [-0.2, -0.15) is 0 Å². The van der Waals surface area contributed by atoms with Gasteiger partial charge < -0.3 is 18.9 Å². The lowest BCUT2D eigenvalue weighted by Crippen LogP contribution is -2.20. The molecule has 0 aliphatic rings. The molecule has 0 atom stereocenters. The van der Waals surface area contributed by atoms with Crippen LogP contribution >= 0.6 is 11.3 Å². The molecule has 1 heterocycles. The van der Waals surface area contributed by atoms with Crippen molar-refractivity contribution in [2.75, 3.05) is 33.3 Å². The molecule has 1 aromatic heterocycles. The van der Waals surface area contributed by atoms with Gasteiger partial charge >= 0.3 is 5.97 Å². The number of nitrogens with one attached hydrogen (secondary N) is 1. The topological polar surface area (TPSA) is 96.0 Å². The minimum atomic E-state index is -0.648. The molecular weight excluding hydrogens is 384 g/mol. The highest BCUT2D eigenvalue weighted by atomic mass is 32.1. The van der Waals surface area contributed by atoms with Gasteiger partial charge in [0.25, 0.3) is 5.91 Å². The molecule has 0 unspecified atom stereocenters. The fourth-order valence-electron chi connectivity index (χ4n) is 2.42. The van der Waals surface area contributed by atoms with Gasteiger partial charge in [-0.15, -0.1) is 0 Å². The molecule has 0 fully saturated rings. The molecular formula is C19H18N2O6S. The van der Waals surface area contributed by atoms with E-state index in [0.29, 0.717) is 22.4 Å². The molecule has 0 spiro atoms. The highest BCUT2D eigenvalue weighted by Gasteiger charge is 2.15. The molecule has 0 saturated carbocycles. The Labute approximate surface area is 165 Å². The summed E-state index contributed by atoms with van der Waals surface area (Å²) in [6, 6.07) is 10.0. The molecule has 3 aromatic rings. The fourth-order valence-corrected chi connectivity index (χ4v) is 3.33. The highest BCUT2D eigenvalue weighted by Crippen LogP contribution is 2.29. The normalized spacial score (nSPS) is 10.4. The van der Waals surface area contributed by atoms with Crippen LogP contribution in [-0.4, -0.2) is 44.8 Å². The average Bonchev–Trinajstić information content (AvgIpc) is 3.12. The van der Waals surface area contributed by atoms with E-state index in [1.165, 1.54) is 37.7 Å². The smallest absolute Gasteiger partial charge is 0.338 e. The molecule has 2 aromatic carbocycles. The van der Waals surface area contributed by atoms with Crippen LogP contribution < -0.4 is 19.5 Å². The number of carbonyl (C=O) groups excluding carboxylic acids is 2. The van der Waals surface area contributed by atoms with Crippen molar-refractivity contribution in [2.45, 2.75) is 0 Å². The number of methoxy groups -OCH3 is 3. The maximum absolute atomic E-state index is 12.2. The lowest BCUT2D eigenvalue weighted by atomic mass is 10.2. The predicted octanol–water partition coefficient (Wildman–Crippen LogP) is 3.12. The van der Waals surface area contributed by atoms with Crippen LogP contribution in [0.15, 0.2) is 36.4 Å². The summed E-state index contributed by atoms with van der Waals surface area (Å²) in [5, 5.41) is 3.03. The number of amides is 1. The summed E-state index contributed by atoms with van der Waals surface area (Å²) < 4.78 is 21.4. The zero-order chi connectivity index (χ0) is 20.1. The lowest BCUT2D eigenvalue weighted by Gasteiger charge is -2.09. The second-order valence-electron chi connectivity index (χ2n) is 5.55. The number of fused-ring (bicyclic) bond motifs is 1. The molecule has 8 nitrogen and oxygen atoms in total. The van der Waals surface area contributed by atoms with Gasteiger partial charge in [-0.1, -0.05) is 11.3 Å². The predicted molar refractivity (Wildman–Crippen MR) is 105 cm³/mol. The van der Waals surface area contributed by atoms with Crippen molar-refractivity contribution in [3.63, 3.8) is 0 Å². The van der Waals surface area contributed by atoms with Crippen LogP contribution in [0.1, 0.15) is 10.4 Å². The van der Waals surface area contributed by atoms with Crippen molar-refractivity contribution in [1.29, 1.82) is 0 Å². The van der Waals surface area contributed by atoms with Crippen molar-refractivity contribution in [1.82, 2.24) is 4.98 Å². The Morgan fingerprint density at radius 3 is 2.50 bits per heavy atom. The van der Waals surface area contributed by atoms with Crippen LogP contribution in [0.3, 0.4) is 0 Å². The molecule has 0 radical (unpaired) electrons. The van der Waals surface area contributed by atoms with Gasteiger partial charge in [0.05, 0.1) is 37.1 Å². The number of ether oxygens (including phenoxy) is 4. The second kappa shape index (κ2) is 8.57. The Bertz CT molecular complexity index is 1020. The van der Waals surface area contributed by atoms with E-state index in [-0.39, 0.29) is 5.56 Å². The lowest BCUT2D eigenvalue weighted by molar-refractivity contribution is -0.119. The first kappa shape index (κ1) is 19.4. The summed E-state index contributed by atoms with van der Waals surface area (Å²) in [6.45, 7) is -0.438. The molecule has 0 aliphatic heterocycles. The van der Waals surface area contributed by atoms with Gasteiger partial charge in [-0.05, 0) is 36.4 Å². The molecule has 146 valence electrons. The quantitative estimate of drug-likeness (QED) is 0.607. The summed E-state index contributed by atoms with van der Waals surface area (Å²) >= 11 is 1.30. The van der Waals surface area contributed by atoms with Gasteiger partial charge in [0, 0.05) is 0 Å². The highest BCUT2D eigenvalue weighted by molar-refractivity contribution is 7.22. The van der Waals surface area contributed by atoms with Gasteiger partial charge in [0.2, 0.25) is 0 Å². The van der Waals surface area contributed by atoms with E-state index in [1.54, 1.807) is 25.3 Å². The number of thiazole rings is 1. The first-order valence-electron chi connectivity index (χ1n) is 8.17. The number of esters is 1. The fraction of sp³-hybridized carbons (Fsp3) is 0.211. The minimum absolute atomic E-state index is 0.248. The molecule has 1 N–H and O–H groups in total. The Hall–Kier alpha value is -3.33. The zero-order valence-corrected chi connectivity index (χ0v) is 16.3. The number of hydrogen-bond acceptors (Lipinski definition) is 8. The van der Waals surface area contributed by atoms with E-state index < -0.39 is 18.5 Å². The third kappa shape index (κ3) is 4.32. The number of aromatic nitrogens is 1. The van der Waals surface area contributed by atoms with E-state index in [0.717, 1.165) is 10.2 Å². The van der Waals surface area contributed by atoms with Crippen molar-refractivity contribution in [3.05, 3.63) is 42.0 Å². The molecule has 0 bridgehead atoms. The maximum Gasteiger partial charge on any atom is 0.338 e. The molecule has 3 rings (SSSR count). The van der Waals surface area contributed by atoms with Crippen LogP contribution in [0.25, 0.3) is 10.2 Å². The van der Waals surface area contributed by atoms with Crippen molar-refractivity contribution < 1.29 is 28.5 Å². The Morgan fingerprint density at radius 2 is 1.79 bits per heavy atom. The number of hydrogen-bond donors (Lipinski definition) is 1. The molecule has 1 amide bonds. The van der Waals surface area contributed by atoms with Gasteiger partial charge in [0.15, 0.2) is 23.2 Å². The van der Waals surface area contributed by atoms with E-state index in [2.05, 4.69) is 10.3 Å². The van der Waals surface area contributed by atoms with E-state index >= 15 is 0 Å². The summed E-state index contributed by atoms with van der Waals surface area (Å²) in [6.07, 6.45) is 0. The third-order valence-electron chi connectivity index (χ3n) is 3.80. The molecule has 9 heteroatoms. The Morgan fingerprint density at radius 1 is 1.00 bits per heavy atom. The maximum atomic E-state index is 12.2. The minimum Gasteiger partial charge on any atom is -0.497 e. The Kier molecular flexibility index (Phi) is 5.95. The Balaban J connectivity index is 1.60. The van der Waals surface area contributed by atoms with Gasteiger partial charge in [0.1, 0.15) is 5.75 Å². The van der Waals surface area contributed by atoms with E-state index in [1.807, 2.05) is 6.07 Å². The number of rotatable bonds is 7. The molecule has 0 aliphatic carbocycles. The van der Waals surface area contributed by atoms with Crippen molar-refractivity contribution in [2.24, 2.45) is 0 Å². The first-order valence-corrected chi connectivity index (χ1v) is 8.99. The zero-order valence-electron chi connectivity index (χ0n) is 15.5. The van der Waals surface area contributed by atoms with E-state index in [9.17, 15) is 9.59 Å². The van der Waals surface area contributed by atoms with Crippen LogP contribution in [0.5, 0.6) is 17.2 Å². The van der Waals surface area contributed by atoms with Crippen molar-refractivity contribution >= 4 is 38.6 Å². The first-order chi connectivity index (χ1) is 13.5. The SMILES string of the molecule is COc1ccc2nc(NC(=O)COC(=O)c3ccc(OC)c(OC)c3)sc2c1. The average molecular weight is 402 g/mol. The standard InChI is InChI=1S/C19H18N2O6S/c1-24-12-5-6-13-16(9-12)28-19(20-13)21-17(22)10-27-18(23)11-4-7-14(25-2)15(8-11)26-3/h4-9H,10H2,1-3H3,(H,20,21,22). The van der Waals surface area contributed by atoms with Crippen LogP contribution in [0.4, 0.5) is 5.13 Å². The number of carbonyl (C=O) groups is 2. The van der Waals surface area contributed by atoms with E-state index in [4.69, 9.17) is 18.9 Å².